The van der Waals surface area contributed by atoms with E-state index in [2.05, 4.69) is 5.32 Å². The molecule has 0 aliphatic heterocycles. The van der Waals surface area contributed by atoms with Crippen molar-refractivity contribution in [1.29, 1.82) is 0 Å². The van der Waals surface area contributed by atoms with E-state index < -0.39 is 17.8 Å². The fourth-order valence-corrected chi connectivity index (χ4v) is 2.33. The summed E-state index contributed by atoms with van der Waals surface area (Å²) < 4.78 is 5.18. The van der Waals surface area contributed by atoms with E-state index in [0.717, 1.165) is 5.56 Å². The minimum Gasteiger partial charge on any atom is -0.444 e. The van der Waals surface area contributed by atoms with Crippen LogP contribution in [0.3, 0.4) is 0 Å². The number of nitrogens with zero attached hydrogens (tertiary/aromatic N) is 1. The van der Waals surface area contributed by atoms with Crippen LogP contribution in [-0.2, 0) is 9.53 Å². The standard InChI is InChI=1S/C19H30N2O4/c1-13(20-18(24)25-19(3,4)5)12-16(22)21(6)14(2)17(23)15-10-8-7-9-11-15/h7-11,13-14,17,23H,12H2,1-6H3,(H,20,24)/t13-,14+,17-/m1/s1. The quantitative estimate of drug-likeness (QED) is 0.827. The van der Waals surface area contributed by atoms with Crippen molar-refractivity contribution < 1.29 is 19.4 Å². The van der Waals surface area contributed by atoms with Gasteiger partial charge in [0.2, 0.25) is 5.91 Å². The van der Waals surface area contributed by atoms with Crippen LogP contribution in [0.4, 0.5) is 4.79 Å². The van der Waals surface area contributed by atoms with Crippen molar-refractivity contribution in [2.24, 2.45) is 0 Å². The van der Waals surface area contributed by atoms with Crippen LogP contribution >= 0.6 is 0 Å². The molecular weight excluding hydrogens is 320 g/mol. The minimum atomic E-state index is -0.774. The highest BCUT2D eigenvalue weighted by molar-refractivity contribution is 5.78. The van der Waals surface area contributed by atoms with Crippen LogP contribution in [0.25, 0.3) is 0 Å². The first kappa shape index (κ1) is 21.0. The number of aliphatic hydroxyl groups is 1. The highest BCUT2D eigenvalue weighted by atomic mass is 16.6. The van der Waals surface area contributed by atoms with Crippen molar-refractivity contribution in [3.05, 3.63) is 35.9 Å². The number of carbonyl (C=O) groups is 2. The summed E-state index contributed by atoms with van der Waals surface area (Å²) in [6.45, 7) is 8.88. The number of alkyl carbamates (subject to hydrolysis) is 1. The van der Waals surface area contributed by atoms with Gasteiger partial charge < -0.3 is 20.1 Å². The molecule has 1 rings (SSSR count). The number of carbonyl (C=O) groups excluding carboxylic acids is 2. The molecule has 0 saturated heterocycles. The van der Waals surface area contributed by atoms with Gasteiger partial charge in [-0.15, -0.1) is 0 Å². The van der Waals surface area contributed by atoms with E-state index in [1.165, 1.54) is 4.90 Å². The van der Waals surface area contributed by atoms with Gasteiger partial charge in [0.05, 0.1) is 12.1 Å². The van der Waals surface area contributed by atoms with Gasteiger partial charge in [-0.05, 0) is 40.2 Å². The number of hydrogen-bond acceptors (Lipinski definition) is 4. The van der Waals surface area contributed by atoms with Gasteiger partial charge in [0.25, 0.3) is 0 Å². The van der Waals surface area contributed by atoms with Gasteiger partial charge in [-0.2, -0.15) is 0 Å². The molecule has 0 aliphatic carbocycles. The van der Waals surface area contributed by atoms with Gasteiger partial charge >= 0.3 is 6.09 Å². The maximum Gasteiger partial charge on any atom is 0.407 e. The topological polar surface area (TPSA) is 78.9 Å². The van der Waals surface area contributed by atoms with Gasteiger partial charge in [-0.25, -0.2) is 4.79 Å². The summed E-state index contributed by atoms with van der Waals surface area (Å²) in [5.41, 5.74) is 0.174. The third-order valence-electron chi connectivity index (χ3n) is 3.85. The van der Waals surface area contributed by atoms with Gasteiger partial charge in [0, 0.05) is 19.5 Å². The van der Waals surface area contributed by atoms with Crippen LogP contribution in [0.15, 0.2) is 30.3 Å². The Morgan fingerprint density at radius 2 is 1.76 bits per heavy atom. The molecule has 6 heteroatoms. The molecule has 0 spiro atoms. The molecule has 2 amide bonds. The summed E-state index contributed by atoms with van der Waals surface area (Å²) in [6.07, 6.45) is -1.20. The molecule has 140 valence electrons. The van der Waals surface area contributed by atoms with Crippen LogP contribution in [0, 0.1) is 0 Å². The van der Waals surface area contributed by atoms with Crippen molar-refractivity contribution in [3.8, 4) is 0 Å². The number of rotatable bonds is 6. The highest BCUT2D eigenvalue weighted by Gasteiger charge is 2.26. The lowest BCUT2D eigenvalue weighted by Gasteiger charge is -2.30. The number of hydrogen-bond donors (Lipinski definition) is 2. The van der Waals surface area contributed by atoms with Gasteiger partial charge in [-0.3, -0.25) is 4.79 Å². The maximum atomic E-state index is 12.4. The first-order valence-electron chi connectivity index (χ1n) is 8.49. The molecule has 0 aliphatic rings. The molecule has 0 unspecified atom stereocenters. The van der Waals surface area contributed by atoms with Crippen LogP contribution in [0.2, 0.25) is 0 Å². The fraction of sp³-hybridized carbons (Fsp3) is 0.579. The largest absolute Gasteiger partial charge is 0.444 e. The third-order valence-corrected chi connectivity index (χ3v) is 3.85. The Labute approximate surface area is 150 Å². The first-order chi connectivity index (χ1) is 11.5. The molecular formula is C19H30N2O4. The summed E-state index contributed by atoms with van der Waals surface area (Å²) in [5, 5.41) is 13.1. The second-order valence-corrected chi connectivity index (χ2v) is 7.35. The van der Waals surface area contributed by atoms with E-state index in [9.17, 15) is 14.7 Å². The molecule has 25 heavy (non-hydrogen) atoms. The Balaban J connectivity index is 2.56. The van der Waals surface area contributed by atoms with E-state index in [1.807, 2.05) is 30.3 Å². The minimum absolute atomic E-state index is 0.127. The van der Waals surface area contributed by atoms with E-state index >= 15 is 0 Å². The van der Waals surface area contributed by atoms with E-state index in [-0.39, 0.29) is 24.4 Å². The summed E-state index contributed by atoms with van der Waals surface area (Å²) in [5.74, 6) is -0.161. The highest BCUT2D eigenvalue weighted by Crippen LogP contribution is 2.20. The van der Waals surface area contributed by atoms with E-state index in [1.54, 1.807) is 41.7 Å². The molecule has 3 atom stereocenters. The van der Waals surface area contributed by atoms with Gasteiger partial charge in [-0.1, -0.05) is 30.3 Å². The lowest BCUT2D eigenvalue weighted by molar-refractivity contribution is -0.134. The lowest BCUT2D eigenvalue weighted by Crippen LogP contribution is -2.44. The SMILES string of the molecule is C[C@H](CC(=O)N(C)[C@@H](C)[C@@H](O)c1ccccc1)NC(=O)OC(C)(C)C. The van der Waals surface area contributed by atoms with Crippen molar-refractivity contribution in [3.63, 3.8) is 0 Å². The maximum absolute atomic E-state index is 12.4. The van der Waals surface area contributed by atoms with Crippen LogP contribution in [0.1, 0.15) is 52.7 Å². The van der Waals surface area contributed by atoms with E-state index in [0.29, 0.717) is 0 Å². The predicted molar refractivity (Wildman–Crippen MR) is 97.1 cm³/mol. The molecule has 0 bridgehead atoms. The summed E-state index contributed by atoms with van der Waals surface area (Å²) in [6, 6.07) is 8.47. The zero-order chi connectivity index (χ0) is 19.2. The van der Waals surface area contributed by atoms with E-state index in [4.69, 9.17) is 4.74 Å². The van der Waals surface area contributed by atoms with Crippen LogP contribution in [0.5, 0.6) is 0 Å². The van der Waals surface area contributed by atoms with Crippen LogP contribution < -0.4 is 5.32 Å². The Bertz CT molecular complexity index is 569. The van der Waals surface area contributed by atoms with Crippen molar-refractivity contribution >= 4 is 12.0 Å². The molecule has 6 nitrogen and oxygen atoms in total. The third kappa shape index (κ3) is 7.13. The molecule has 0 heterocycles. The van der Waals surface area contributed by atoms with Crippen molar-refractivity contribution in [1.82, 2.24) is 10.2 Å². The number of benzene rings is 1. The number of aliphatic hydroxyl groups excluding tert-OH is 1. The Morgan fingerprint density at radius 1 is 1.20 bits per heavy atom. The summed E-state index contributed by atoms with van der Waals surface area (Å²) in [7, 11) is 1.65. The summed E-state index contributed by atoms with van der Waals surface area (Å²) >= 11 is 0. The number of ether oxygens (including phenoxy) is 1. The Hall–Kier alpha value is -2.08. The molecule has 0 saturated carbocycles. The monoisotopic (exact) mass is 350 g/mol. The number of amides is 2. The normalized spacial score (nSPS) is 15.0. The van der Waals surface area contributed by atoms with Crippen LogP contribution in [-0.4, -0.2) is 46.7 Å². The van der Waals surface area contributed by atoms with Crippen molar-refractivity contribution in [2.45, 2.75) is 64.8 Å². The van der Waals surface area contributed by atoms with Gasteiger partial charge in [0.15, 0.2) is 0 Å². The second kappa shape index (κ2) is 8.85. The Morgan fingerprint density at radius 3 is 2.28 bits per heavy atom. The Kier molecular flexibility index (Phi) is 7.42. The molecule has 1 aromatic rings. The predicted octanol–water partition coefficient (Wildman–Crippen LogP) is 2.87. The molecule has 0 fully saturated rings. The second-order valence-electron chi connectivity index (χ2n) is 7.35. The van der Waals surface area contributed by atoms with Crippen molar-refractivity contribution in [2.75, 3.05) is 7.05 Å². The number of nitrogens with one attached hydrogen (secondary N) is 1. The smallest absolute Gasteiger partial charge is 0.407 e. The molecule has 2 N–H and O–H groups in total. The molecule has 0 aromatic heterocycles. The summed E-state index contributed by atoms with van der Waals surface area (Å²) in [4.78, 5) is 25.7. The molecule has 0 radical (unpaired) electrons. The zero-order valence-corrected chi connectivity index (χ0v) is 15.9. The fourth-order valence-electron chi connectivity index (χ4n) is 2.33. The number of likely N-dealkylation sites (N-methyl/N-ethyl adjacent to an activating group) is 1. The van der Waals surface area contributed by atoms with Gasteiger partial charge in [0.1, 0.15) is 5.60 Å². The molecule has 1 aromatic carbocycles. The average Bonchev–Trinajstić information content (AvgIpc) is 2.51. The average molecular weight is 350 g/mol. The first-order valence-corrected chi connectivity index (χ1v) is 8.49. The lowest BCUT2D eigenvalue weighted by atomic mass is 10.0. The zero-order valence-electron chi connectivity index (χ0n) is 15.9.